The van der Waals surface area contributed by atoms with Crippen LogP contribution >= 0.6 is 11.8 Å². The first-order chi connectivity index (χ1) is 15.0. The van der Waals surface area contributed by atoms with Crippen molar-refractivity contribution < 1.29 is 13.2 Å². The number of pyridine rings is 1. The number of likely N-dealkylation sites (tertiary alicyclic amines) is 1. The van der Waals surface area contributed by atoms with E-state index >= 15 is 0 Å². The van der Waals surface area contributed by atoms with Gasteiger partial charge in [-0.2, -0.15) is 0 Å². The van der Waals surface area contributed by atoms with Crippen LogP contribution in [0.2, 0.25) is 0 Å². The van der Waals surface area contributed by atoms with Gasteiger partial charge in [-0.25, -0.2) is 13.4 Å². The molecule has 6 nitrogen and oxygen atoms in total. The highest BCUT2D eigenvalue weighted by atomic mass is 32.2. The molecule has 2 aromatic rings. The molecular formula is C23H27N3O3S2. The standard InChI is InChI=1S/C23H27N3O3S2/c27-23(25-18-8-10-31(28,29)15-18)21-13-20(30-22-7-3-4-9-24-22)14-26(21)19-11-16-5-1-2-6-17(16)12-19/h1-7,9,18-21H,8,10-15H2,(H,25,27)/t18-,20-,21+/m1/s1. The van der Waals surface area contributed by atoms with Gasteiger partial charge in [0, 0.05) is 30.1 Å². The quantitative estimate of drug-likeness (QED) is 0.741. The molecule has 3 heterocycles. The third-order valence-electron chi connectivity index (χ3n) is 6.61. The highest BCUT2D eigenvalue weighted by Crippen LogP contribution is 2.36. The third-order valence-corrected chi connectivity index (χ3v) is 9.53. The second-order valence-corrected chi connectivity index (χ2v) is 12.3. The van der Waals surface area contributed by atoms with Gasteiger partial charge in [0.2, 0.25) is 5.91 Å². The van der Waals surface area contributed by atoms with E-state index < -0.39 is 9.84 Å². The average molecular weight is 458 g/mol. The molecule has 3 aliphatic rings. The van der Waals surface area contributed by atoms with Gasteiger partial charge >= 0.3 is 0 Å². The molecule has 3 atom stereocenters. The molecule has 0 unspecified atom stereocenters. The van der Waals surface area contributed by atoms with Crippen molar-refractivity contribution in [3.05, 3.63) is 59.8 Å². The smallest absolute Gasteiger partial charge is 0.237 e. The zero-order valence-corrected chi connectivity index (χ0v) is 18.9. The molecule has 2 fully saturated rings. The Kier molecular flexibility index (Phi) is 5.79. The third kappa shape index (κ3) is 4.66. The Balaban J connectivity index is 1.32. The zero-order chi connectivity index (χ0) is 21.4. The second-order valence-electron chi connectivity index (χ2n) is 8.80. The number of nitrogens with zero attached hydrogens (tertiary/aromatic N) is 2. The number of hydrogen-bond donors (Lipinski definition) is 1. The number of thioether (sulfide) groups is 1. The van der Waals surface area contributed by atoms with Crippen molar-refractivity contribution in [3.8, 4) is 0 Å². The molecule has 2 saturated heterocycles. The minimum Gasteiger partial charge on any atom is -0.351 e. The Morgan fingerprint density at radius 3 is 2.48 bits per heavy atom. The number of amides is 1. The molecule has 31 heavy (non-hydrogen) atoms. The largest absolute Gasteiger partial charge is 0.351 e. The van der Waals surface area contributed by atoms with E-state index in [9.17, 15) is 13.2 Å². The van der Waals surface area contributed by atoms with Crippen molar-refractivity contribution in [1.82, 2.24) is 15.2 Å². The first-order valence-corrected chi connectivity index (χ1v) is 13.6. The summed E-state index contributed by atoms with van der Waals surface area (Å²) in [4.78, 5) is 20.1. The Labute approximate surface area is 187 Å². The van der Waals surface area contributed by atoms with Crippen LogP contribution in [0.25, 0.3) is 0 Å². The molecule has 0 radical (unpaired) electrons. The van der Waals surface area contributed by atoms with Crippen LogP contribution in [0.5, 0.6) is 0 Å². The number of fused-ring (bicyclic) bond motifs is 1. The van der Waals surface area contributed by atoms with Crippen LogP contribution in [0.4, 0.5) is 0 Å². The summed E-state index contributed by atoms with van der Waals surface area (Å²) in [6.07, 6.45) is 4.98. The summed E-state index contributed by atoms with van der Waals surface area (Å²) in [5.41, 5.74) is 2.74. The maximum Gasteiger partial charge on any atom is 0.237 e. The Morgan fingerprint density at radius 1 is 1.10 bits per heavy atom. The molecule has 1 N–H and O–H groups in total. The highest BCUT2D eigenvalue weighted by Gasteiger charge is 2.43. The van der Waals surface area contributed by atoms with Gasteiger partial charge in [0.05, 0.1) is 22.6 Å². The lowest BCUT2D eigenvalue weighted by Crippen LogP contribution is -2.50. The van der Waals surface area contributed by atoms with Gasteiger partial charge in [0.15, 0.2) is 9.84 Å². The molecule has 8 heteroatoms. The summed E-state index contributed by atoms with van der Waals surface area (Å²) in [6.45, 7) is 0.834. The Morgan fingerprint density at radius 2 is 1.84 bits per heavy atom. The van der Waals surface area contributed by atoms with Crippen LogP contribution in [-0.2, 0) is 27.5 Å². The number of sulfone groups is 1. The van der Waals surface area contributed by atoms with Crippen LogP contribution < -0.4 is 5.32 Å². The lowest BCUT2D eigenvalue weighted by Gasteiger charge is -2.30. The van der Waals surface area contributed by atoms with Crippen molar-refractivity contribution in [2.75, 3.05) is 18.1 Å². The Hall–Kier alpha value is -1.90. The van der Waals surface area contributed by atoms with Gasteiger partial charge in [-0.1, -0.05) is 30.3 Å². The molecule has 164 valence electrons. The van der Waals surface area contributed by atoms with Gasteiger partial charge < -0.3 is 5.32 Å². The van der Waals surface area contributed by atoms with E-state index in [1.54, 1.807) is 18.0 Å². The molecular weight excluding hydrogens is 430 g/mol. The predicted octanol–water partition coefficient (Wildman–Crippen LogP) is 2.09. The normalized spacial score (nSPS) is 27.9. The van der Waals surface area contributed by atoms with Gasteiger partial charge in [-0.3, -0.25) is 9.69 Å². The SMILES string of the molecule is O=C(N[C@@H]1CCS(=O)(=O)C1)[C@@H]1C[C@@H](Sc2ccccn2)CN1C1Cc2ccccc2C1. The van der Waals surface area contributed by atoms with E-state index in [1.807, 2.05) is 18.2 Å². The summed E-state index contributed by atoms with van der Waals surface area (Å²) in [7, 11) is -3.02. The van der Waals surface area contributed by atoms with Crippen LogP contribution in [-0.4, -0.2) is 65.6 Å². The van der Waals surface area contributed by atoms with Crippen LogP contribution in [0, 0.1) is 0 Å². The molecule has 1 aromatic carbocycles. The van der Waals surface area contributed by atoms with Gasteiger partial charge in [0.25, 0.3) is 0 Å². The fourth-order valence-corrected chi connectivity index (χ4v) is 7.95. The topological polar surface area (TPSA) is 79.4 Å². The summed E-state index contributed by atoms with van der Waals surface area (Å²) in [6, 6.07) is 14.2. The summed E-state index contributed by atoms with van der Waals surface area (Å²) >= 11 is 1.73. The average Bonchev–Trinajstić information content (AvgIpc) is 3.45. The van der Waals surface area contributed by atoms with E-state index in [0.29, 0.717) is 12.5 Å². The van der Waals surface area contributed by atoms with E-state index in [4.69, 9.17) is 0 Å². The highest BCUT2D eigenvalue weighted by molar-refractivity contribution is 7.99. The molecule has 1 aromatic heterocycles. The number of rotatable bonds is 5. The first kappa shape index (κ1) is 21.0. The fourth-order valence-electron chi connectivity index (χ4n) is 5.13. The fraction of sp³-hybridized carbons (Fsp3) is 0.478. The summed E-state index contributed by atoms with van der Waals surface area (Å²) in [5, 5.41) is 4.31. The molecule has 5 rings (SSSR count). The number of aromatic nitrogens is 1. The number of carbonyl (C=O) groups is 1. The van der Waals surface area contributed by atoms with Crippen molar-refractivity contribution in [2.24, 2.45) is 0 Å². The predicted molar refractivity (Wildman–Crippen MR) is 122 cm³/mol. The van der Waals surface area contributed by atoms with Crippen molar-refractivity contribution >= 4 is 27.5 Å². The van der Waals surface area contributed by atoms with Crippen molar-refractivity contribution in [3.63, 3.8) is 0 Å². The van der Waals surface area contributed by atoms with Crippen LogP contribution in [0.3, 0.4) is 0 Å². The van der Waals surface area contributed by atoms with E-state index in [-0.39, 0.29) is 34.7 Å². The summed E-state index contributed by atoms with van der Waals surface area (Å²) in [5.74, 6) is 0.205. The first-order valence-electron chi connectivity index (χ1n) is 10.9. The molecule has 0 bridgehead atoms. The molecule has 1 aliphatic carbocycles. The minimum absolute atomic E-state index is 0.0258. The van der Waals surface area contributed by atoms with Gasteiger partial charge in [-0.05, 0) is 48.9 Å². The number of benzene rings is 1. The zero-order valence-electron chi connectivity index (χ0n) is 17.3. The maximum absolute atomic E-state index is 13.3. The van der Waals surface area contributed by atoms with Crippen LogP contribution in [0.1, 0.15) is 24.0 Å². The molecule has 0 saturated carbocycles. The van der Waals surface area contributed by atoms with Gasteiger partial charge in [-0.15, -0.1) is 11.8 Å². The monoisotopic (exact) mass is 457 g/mol. The molecule has 1 amide bonds. The minimum atomic E-state index is -3.02. The van der Waals surface area contributed by atoms with Crippen molar-refractivity contribution in [1.29, 1.82) is 0 Å². The van der Waals surface area contributed by atoms with Crippen molar-refractivity contribution in [2.45, 2.75) is 54.1 Å². The van der Waals surface area contributed by atoms with Crippen LogP contribution in [0.15, 0.2) is 53.7 Å². The lowest BCUT2D eigenvalue weighted by molar-refractivity contribution is -0.126. The Bertz CT molecular complexity index is 1040. The number of nitrogens with one attached hydrogen (secondary N) is 1. The second kappa shape index (κ2) is 8.56. The summed E-state index contributed by atoms with van der Waals surface area (Å²) < 4.78 is 23.7. The van der Waals surface area contributed by atoms with E-state index in [2.05, 4.69) is 39.5 Å². The number of hydrogen-bond acceptors (Lipinski definition) is 6. The van der Waals surface area contributed by atoms with Gasteiger partial charge in [0.1, 0.15) is 0 Å². The lowest BCUT2D eigenvalue weighted by atomic mass is 10.1. The molecule has 0 spiro atoms. The molecule has 2 aliphatic heterocycles. The number of carbonyl (C=O) groups excluding carboxylic acids is 1. The maximum atomic E-state index is 13.3. The van der Waals surface area contributed by atoms with E-state index in [1.165, 1.54) is 11.1 Å². The van der Waals surface area contributed by atoms with E-state index in [0.717, 1.165) is 30.8 Å².